The number of nitrogens with zero attached hydrogens (tertiary/aromatic N) is 2. The maximum Gasteiger partial charge on any atom is 0.272 e. The highest BCUT2D eigenvalue weighted by Gasteiger charge is 2.16. The smallest absolute Gasteiger partial charge is 0.272 e. The fourth-order valence-electron chi connectivity index (χ4n) is 2.28. The molecule has 2 rings (SSSR count). The van der Waals surface area contributed by atoms with Crippen LogP contribution in [0, 0.1) is 0 Å². The minimum atomic E-state index is -0.0140. The highest BCUT2D eigenvalue weighted by atomic mass is 16.2. The number of carbonyl (C=O) groups is 1. The van der Waals surface area contributed by atoms with Crippen molar-refractivity contribution in [2.24, 2.45) is 0 Å². The Labute approximate surface area is 119 Å². The fraction of sp³-hybridized carbons (Fsp3) is 0.375. The fourth-order valence-corrected chi connectivity index (χ4v) is 2.28. The zero-order valence-corrected chi connectivity index (χ0v) is 12.3. The lowest BCUT2D eigenvalue weighted by Gasteiger charge is -2.19. The Morgan fingerprint density at radius 3 is 2.55 bits per heavy atom. The van der Waals surface area contributed by atoms with Crippen molar-refractivity contribution in [1.29, 1.82) is 0 Å². The maximum atomic E-state index is 12.4. The molecule has 0 aliphatic carbocycles. The Morgan fingerprint density at radius 1 is 1.20 bits per heavy atom. The van der Waals surface area contributed by atoms with Gasteiger partial charge in [-0.2, -0.15) is 0 Å². The molecule has 0 bridgehead atoms. The molecule has 2 aromatic rings. The molecule has 0 saturated carbocycles. The number of nitrogens with one attached hydrogen (secondary N) is 1. The number of carbonyl (C=O) groups excluding carboxylic acids is 1. The van der Waals surface area contributed by atoms with Crippen molar-refractivity contribution in [3.05, 3.63) is 36.0 Å². The molecule has 0 radical (unpaired) electrons. The number of aromatic nitrogens is 1. The first kappa shape index (κ1) is 14.3. The van der Waals surface area contributed by atoms with Crippen LogP contribution in [0.2, 0.25) is 0 Å². The van der Waals surface area contributed by atoms with Gasteiger partial charge in [0.15, 0.2) is 0 Å². The van der Waals surface area contributed by atoms with Gasteiger partial charge in [0.05, 0.1) is 0 Å². The molecule has 0 aliphatic rings. The third-order valence-electron chi connectivity index (χ3n) is 3.35. The van der Waals surface area contributed by atoms with E-state index in [1.165, 1.54) is 0 Å². The van der Waals surface area contributed by atoms with Crippen LogP contribution in [0.4, 0.5) is 5.82 Å². The minimum absolute atomic E-state index is 0.0140. The summed E-state index contributed by atoms with van der Waals surface area (Å²) in [6.07, 6.45) is 0. The van der Waals surface area contributed by atoms with E-state index in [-0.39, 0.29) is 5.91 Å². The summed E-state index contributed by atoms with van der Waals surface area (Å²) in [7, 11) is 0. The first-order chi connectivity index (χ1) is 9.71. The molecule has 20 heavy (non-hydrogen) atoms. The molecule has 0 atom stereocenters. The van der Waals surface area contributed by atoms with E-state index in [1.807, 2.05) is 51.1 Å². The summed E-state index contributed by atoms with van der Waals surface area (Å²) in [5.74, 6) is 0.765. The standard InChI is InChI=1S/C16H21N3O/c1-4-17-15-13-10-8-7-9-12(13)11-14(18-15)16(20)19(5-2)6-3/h7-11H,4-6H2,1-3H3,(H,17,18). The predicted molar refractivity (Wildman–Crippen MR) is 83.2 cm³/mol. The topological polar surface area (TPSA) is 45.2 Å². The third kappa shape index (κ3) is 2.74. The Kier molecular flexibility index (Phi) is 4.56. The van der Waals surface area contributed by atoms with Crippen LogP contribution in [-0.4, -0.2) is 35.4 Å². The molecular weight excluding hydrogens is 250 g/mol. The van der Waals surface area contributed by atoms with Crippen LogP contribution in [0.25, 0.3) is 10.8 Å². The van der Waals surface area contributed by atoms with Crippen molar-refractivity contribution >= 4 is 22.5 Å². The van der Waals surface area contributed by atoms with Gasteiger partial charge in [0.2, 0.25) is 0 Å². The number of anilines is 1. The molecule has 4 heteroatoms. The number of hydrogen-bond donors (Lipinski definition) is 1. The summed E-state index contributed by atoms with van der Waals surface area (Å²) in [6, 6.07) is 9.86. The molecular formula is C16H21N3O. The molecule has 0 aliphatic heterocycles. The Morgan fingerprint density at radius 2 is 1.90 bits per heavy atom. The second kappa shape index (κ2) is 6.37. The van der Waals surface area contributed by atoms with Crippen LogP contribution < -0.4 is 5.32 Å². The van der Waals surface area contributed by atoms with Gasteiger partial charge in [0, 0.05) is 25.0 Å². The summed E-state index contributed by atoms with van der Waals surface area (Å²) in [4.78, 5) is 18.7. The van der Waals surface area contributed by atoms with Gasteiger partial charge in [0.25, 0.3) is 5.91 Å². The van der Waals surface area contributed by atoms with E-state index < -0.39 is 0 Å². The summed E-state index contributed by atoms with van der Waals surface area (Å²) < 4.78 is 0. The van der Waals surface area contributed by atoms with Crippen molar-refractivity contribution in [2.75, 3.05) is 25.0 Å². The van der Waals surface area contributed by atoms with Gasteiger partial charge in [0.1, 0.15) is 11.5 Å². The quantitative estimate of drug-likeness (QED) is 0.908. The van der Waals surface area contributed by atoms with Crippen molar-refractivity contribution in [3.8, 4) is 0 Å². The van der Waals surface area contributed by atoms with Gasteiger partial charge >= 0.3 is 0 Å². The van der Waals surface area contributed by atoms with Gasteiger partial charge in [-0.15, -0.1) is 0 Å². The van der Waals surface area contributed by atoms with E-state index in [0.29, 0.717) is 18.8 Å². The molecule has 4 nitrogen and oxygen atoms in total. The monoisotopic (exact) mass is 271 g/mol. The van der Waals surface area contributed by atoms with E-state index in [4.69, 9.17) is 0 Å². The second-order valence-electron chi connectivity index (χ2n) is 4.59. The summed E-state index contributed by atoms with van der Waals surface area (Å²) >= 11 is 0. The van der Waals surface area contributed by atoms with Crippen molar-refractivity contribution in [2.45, 2.75) is 20.8 Å². The SMILES string of the molecule is CCNc1nc(C(=O)N(CC)CC)cc2ccccc12. The number of hydrogen-bond acceptors (Lipinski definition) is 3. The molecule has 0 saturated heterocycles. The molecule has 1 aromatic heterocycles. The van der Waals surface area contributed by atoms with Gasteiger partial charge in [-0.3, -0.25) is 4.79 Å². The Bertz CT molecular complexity index is 606. The van der Waals surface area contributed by atoms with E-state index >= 15 is 0 Å². The number of fused-ring (bicyclic) bond motifs is 1. The number of rotatable bonds is 5. The van der Waals surface area contributed by atoms with Crippen LogP contribution in [0.1, 0.15) is 31.3 Å². The third-order valence-corrected chi connectivity index (χ3v) is 3.35. The highest BCUT2D eigenvalue weighted by Crippen LogP contribution is 2.23. The normalized spacial score (nSPS) is 10.6. The van der Waals surface area contributed by atoms with Crippen molar-refractivity contribution in [1.82, 2.24) is 9.88 Å². The maximum absolute atomic E-state index is 12.4. The van der Waals surface area contributed by atoms with E-state index in [1.54, 1.807) is 4.90 Å². The first-order valence-corrected chi connectivity index (χ1v) is 7.14. The average molecular weight is 271 g/mol. The highest BCUT2D eigenvalue weighted by molar-refractivity contribution is 6.00. The van der Waals surface area contributed by atoms with E-state index in [0.717, 1.165) is 23.1 Å². The minimum Gasteiger partial charge on any atom is -0.370 e. The Hall–Kier alpha value is -2.10. The summed E-state index contributed by atoms with van der Waals surface area (Å²) in [5, 5.41) is 5.32. The number of amides is 1. The van der Waals surface area contributed by atoms with E-state index in [2.05, 4.69) is 10.3 Å². The lowest BCUT2D eigenvalue weighted by molar-refractivity contribution is 0.0767. The molecule has 0 spiro atoms. The Balaban J connectivity index is 2.52. The molecule has 0 unspecified atom stereocenters. The largest absolute Gasteiger partial charge is 0.370 e. The molecule has 1 amide bonds. The molecule has 106 valence electrons. The van der Waals surface area contributed by atoms with Crippen LogP contribution in [0.15, 0.2) is 30.3 Å². The first-order valence-electron chi connectivity index (χ1n) is 7.14. The van der Waals surface area contributed by atoms with Crippen molar-refractivity contribution in [3.63, 3.8) is 0 Å². The zero-order valence-electron chi connectivity index (χ0n) is 12.3. The van der Waals surface area contributed by atoms with E-state index in [9.17, 15) is 4.79 Å². The molecule has 0 fully saturated rings. The van der Waals surface area contributed by atoms with Gasteiger partial charge in [-0.1, -0.05) is 24.3 Å². The van der Waals surface area contributed by atoms with Crippen LogP contribution in [0.3, 0.4) is 0 Å². The predicted octanol–water partition coefficient (Wildman–Crippen LogP) is 3.15. The molecule has 1 N–H and O–H groups in total. The summed E-state index contributed by atoms with van der Waals surface area (Å²) in [6.45, 7) is 8.15. The van der Waals surface area contributed by atoms with Gasteiger partial charge in [-0.25, -0.2) is 4.98 Å². The lowest BCUT2D eigenvalue weighted by atomic mass is 10.1. The zero-order chi connectivity index (χ0) is 14.5. The molecule has 1 heterocycles. The van der Waals surface area contributed by atoms with Crippen LogP contribution >= 0.6 is 0 Å². The average Bonchev–Trinajstić information content (AvgIpc) is 2.48. The lowest BCUT2D eigenvalue weighted by Crippen LogP contribution is -2.31. The van der Waals surface area contributed by atoms with Crippen LogP contribution in [-0.2, 0) is 0 Å². The molecule has 1 aromatic carbocycles. The van der Waals surface area contributed by atoms with Crippen molar-refractivity contribution < 1.29 is 4.79 Å². The summed E-state index contributed by atoms with van der Waals surface area (Å²) in [5.41, 5.74) is 0.503. The van der Waals surface area contributed by atoms with Crippen LogP contribution in [0.5, 0.6) is 0 Å². The number of pyridine rings is 1. The van der Waals surface area contributed by atoms with Gasteiger partial charge < -0.3 is 10.2 Å². The number of benzene rings is 1. The second-order valence-corrected chi connectivity index (χ2v) is 4.59. The van der Waals surface area contributed by atoms with Gasteiger partial charge in [-0.05, 0) is 32.2 Å².